The molecule has 1 amide bonds. The van der Waals surface area contributed by atoms with Crippen LogP contribution in [0, 0.1) is 27.4 Å². The lowest BCUT2D eigenvalue weighted by atomic mass is 9.49. The fraction of sp³-hybridized carbons (Fsp3) is 0.588. The lowest BCUT2D eigenvalue weighted by Gasteiger charge is -2.59. The number of hydrogen-bond acceptors (Lipinski definition) is 3. The first kappa shape index (κ1) is 16.5. The first-order valence-electron chi connectivity index (χ1n) is 8.23. The van der Waals surface area contributed by atoms with E-state index in [4.69, 9.17) is 0 Å². The number of hydrogen-bond donors (Lipinski definition) is 1. The highest BCUT2D eigenvalue weighted by Gasteiger charge is 2.59. The zero-order valence-corrected chi connectivity index (χ0v) is 16.2. The molecule has 4 aliphatic rings. The van der Waals surface area contributed by atoms with Gasteiger partial charge in [-0.25, -0.2) is 0 Å². The molecule has 128 valence electrons. The van der Waals surface area contributed by atoms with E-state index in [2.05, 4.69) is 37.2 Å². The number of non-ortho nitro benzene ring substituents is 1. The maximum Gasteiger partial charge on any atom is 0.270 e. The summed E-state index contributed by atoms with van der Waals surface area (Å²) in [6.45, 7) is 0. The van der Waals surface area contributed by atoms with Crippen molar-refractivity contribution in [3.63, 3.8) is 0 Å². The highest BCUT2D eigenvalue weighted by atomic mass is 79.9. The van der Waals surface area contributed by atoms with E-state index in [1.54, 1.807) is 6.07 Å². The van der Waals surface area contributed by atoms with Crippen LogP contribution < -0.4 is 5.32 Å². The molecule has 0 aromatic heterocycles. The van der Waals surface area contributed by atoms with Gasteiger partial charge in [0.15, 0.2) is 0 Å². The van der Waals surface area contributed by atoms with Crippen LogP contribution in [-0.2, 0) is 4.79 Å². The van der Waals surface area contributed by atoms with Crippen LogP contribution in [0.3, 0.4) is 0 Å². The molecule has 5 rings (SSSR count). The number of carbonyl (C=O) groups is 1. The summed E-state index contributed by atoms with van der Waals surface area (Å²) in [5, 5.41) is 13.9. The predicted molar refractivity (Wildman–Crippen MR) is 98.2 cm³/mol. The second-order valence-corrected chi connectivity index (χ2v) is 10.3. The van der Waals surface area contributed by atoms with Crippen LogP contribution in [0.4, 0.5) is 11.4 Å². The van der Waals surface area contributed by atoms with Crippen molar-refractivity contribution in [1.29, 1.82) is 0 Å². The molecule has 0 radical (unpaired) electrons. The second kappa shape index (κ2) is 5.53. The number of halogens is 2. The summed E-state index contributed by atoms with van der Waals surface area (Å²) in [5.74, 6) is 1.34. The number of anilines is 1. The largest absolute Gasteiger partial charge is 0.325 e. The molecule has 4 saturated carbocycles. The summed E-state index contributed by atoms with van der Waals surface area (Å²) in [7, 11) is 0. The van der Waals surface area contributed by atoms with E-state index in [0.29, 0.717) is 22.0 Å². The molecule has 0 saturated heterocycles. The molecule has 1 aromatic rings. The molecule has 1 N–H and O–H groups in total. The molecule has 0 unspecified atom stereocenters. The third kappa shape index (κ3) is 2.69. The standard InChI is InChI=1S/C17H18Br2N2O3/c18-13-4-12(21(23)24)1-2-14(13)20-15(22)16-5-10-3-11(6-16)8-17(19,7-10)9-16/h1-2,4,10-11H,3,5-9H2,(H,20,22)/t10-,11-,16?,17?/m1/s1. The summed E-state index contributed by atoms with van der Waals surface area (Å²) in [6.07, 6.45) is 6.44. The molecule has 0 spiro atoms. The van der Waals surface area contributed by atoms with E-state index >= 15 is 0 Å². The Morgan fingerprint density at radius 3 is 2.46 bits per heavy atom. The van der Waals surface area contributed by atoms with Crippen LogP contribution in [0.2, 0.25) is 0 Å². The number of nitro benzene ring substituents is 1. The van der Waals surface area contributed by atoms with Crippen LogP contribution in [0.25, 0.3) is 0 Å². The Morgan fingerprint density at radius 2 is 1.92 bits per heavy atom. The molecule has 4 aliphatic carbocycles. The van der Waals surface area contributed by atoms with E-state index in [-0.39, 0.29) is 21.3 Å². The molecule has 0 aliphatic heterocycles. The van der Waals surface area contributed by atoms with Gasteiger partial charge >= 0.3 is 0 Å². The zero-order valence-electron chi connectivity index (χ0n) is 13.1. The number of benzene rings is 1. The number of nitrogens with one attached hydrogen (secondary N) is 1. The molecule has 24 heavy (non-hydrogen) atoms. The quantitative estimate of drug-likeness (QED) is 0.393. The number of nitro groups is 1. The molecule has 0 heterocycles. The smallest absolute Gasteiger partial charge is 0.270 e. The van der Waals surface area contributed by atoms with E-state index in [9.17, 15) is 14.9 Å². The Labute approximate surface area is 157 Å². The normalized spacial score (nSPS) is 36.6. The minimum Gasteiger partial charge on any atom is -0.325 e. The fourth-order valence-corrected chi connectivity index (χ4v) is 7.31. The lowest BCUT2D eigenvalue weighted by Crippen LogP contribution is -2.57. The van der Waals surface area contributed by atoms with Gasteiger partial charge in [-0.1, -0.05) is 15.9 Å². The van der Waals surface area contributed by atoms with Gasteiger partial charge in [0.25, 0.3) is 5.69 Å². The van der Waals surface area contributed by atoms with E-state index < -0.39 is 4.92 Å². The highest BCUT2D eigenvalue weighted by Crippen LogP contribution is 2.64. The number of rotatable bonds is 3. The molecule has 7 heteroatoms. The summed E-state index contributed by atoms with van der Waals surface area (Å²) in [6, 6.07) is 4.46. The van der Waals surface area contributed by atoms with Crippen molar-refractivity contribution in [2.45, 2.75) is 42.8 Å². The van der Waals surface area contributed by atoms with Gasteiger partial charge in [0.1, 0.15) is 0 Å². The van der Waals surface area contributed by atoms with Crippen LogP contribution in [0.5, 0.6) is 0 Å². The van der Waals surface area contributed by atoms with Crippen LogP contribution in [0.15, 0.2) is 22.7 Å². The lowest BCUT2D eigenvalue weighted by molar-refractivity contribution is -0.384. The average Bonchev–Trinajstić information content (AvgIpc) is 2.46. The topological polar surface area (TPSA) is 72.2 Å². The maximum absolute atomic E-state index is 13.1. The molecular formula is C17H18Br2N2O3. The SMILES string of the molecule is O=C(Nc1ccc([N+](=O)[O-])cc1Br)C12C[C@H]3C[C@@H](CC(Br)(C3)C1)C2. The van der Waals surface area contributed by atoms with Crippen molar-refractivity contribution in [3.8, 4) is 0 Å². The van der Waals surface area contributed by atoms with Gasteiger partial charge < -0.3 is 5.32 Å². The van der Waals surface area contributed by atoms with Gasteiger partial charge in [0, 0.05) is 20.9 Å². The van der Waals surface area contributed by atoms with Gasteiger partial charge in [0.2, 0.25) is 5.91 Å². The average molecular weight is 458 g/mol. The van der Waals surface area contributed by atoms with Crippen molar-refractivity contribution < 1.29 is 9.72 Å². The van der Waals surface area contributed by atoms with Gasteiger partial charge in [-0.3, -0.25) is 14.9 Å². The molecular weight excluding hydrogens is 440 g/mol. The Balaban J connectivity index is 1.58. The van der Waals surface area contributed by atoms with Crippen LogP contribution in [-0.4, -0.2) is 15.2 Å². The predicted octanol–water partition coefficient (Wildman–Crippen LogP) is 5.03. The van der Waals surface area contributed by atoms with E-state index in [1.807, 2.05) is 0 Å². The Bertz CT molecular complexity index is 723. The summed E-state index contributed by atoms with van der Waals surface area (Å²) >= 11 is 7.26. The van der Waals surface area contributed by atoms with Crippen molar-refractivity contribution in [2.24, 2.45) is 17.3 Å². The van der Waals surface area contributed by atoms with E-state index in [1.165, 1.54) is 31.4 Å². The number of nitrogens with zero attached hydrogens (tertiary/aromatic N) is 1. The highest BCUT2D eigenvalue weighted by molar-refractivity contribution is 9.10. The van der Waals surface area contributed by atoms with Gasteiger partial charge in [-0.2, -0.15) is 0 Å². The molecule has 1 aromatic carbocycles. The number of alkyl halides is 1. The van der Waals surface area contributed by atoms with Gasteiger partial charge in [-0.05, 0) is 72.4 Å². The molecule has 4 bridgehead atoms. The van der Waals surface area contributed by atoms with E-state index in [0.717, 1.165) is 19.3 Å². The summed E-state index contributed by atoms with van der Waals surface area (Å²) in [4.78, 5) is 23.5. The molecule has 4 fully saturated rings. The Morgan fingerprint density at radius 1 is 1.25 bits per heavy atom. The monoisotopic (exact) mass is 456 g/mol. The summed E-state index contributed by atoms with van der Waals surface area (Å²) in [5.41, 5.74) is 0.313. The minimum absolute atomic E-state index is 0.00842. The fourth-order valence-electron chi connectivity index (χ4n) is 5.39. The Kier molecular flexibility index (Phi) is 3.80. The summed E-state index contributed by atoms with van der Waals surface area (Å²) < 4.78 is 0.671. The first-order valence-corrected chi connectivity index (χ1v) is 9.82. The third-order valence-corrected chi connectivity index (χ3v) is 7.47. The minimum atomic E-state index is -0.440. The maximum atomic E-state index is 13.1. The van der Waals surface area contributed by atoms with Crippen molar-refractivity contribution in [2.75, 3.05) is 5.32 Å². The van der Waals surface area contributed by atoms with Crippen molar-refractivity contribution in [3.05, 3.63) is 32.8 Å². The van der Waals surface area contributed by atoms with Gasteiger partial charge in [0.05, 0.1) is 16.0 Å². The van der Waals surface area contributed by atoms with Crippen LogP contribution in [0.1, 0.15) is 38.5 Å². The third-order valence-electron chi connectivity index (χ3n) is 5.88. The van der Waals surface area contributed by atoms with Crippen molar-refractivity contribution >= 4 is 49.1 Å². The zero-order chi connectivity index (χ0) is 17.1. The van der Waals surface area contributed by atoms with Gasteiger partial charge in [-0.15, -0.1) is 0 Å². The Hall–Kier alpha value is -0.950. The second-order valence-electron chi connectivity index (χ2n) is 7.77. The molecule has 2 atom stereocenters. The van der Waals surface area contributed by atoms with Crippen LogP contribution >= 0.6 is 31.9 Å². The number of carbonyl (C=O) groups excluding carboxylic acids is 1. The molecule has 5 nitrogen and oxygen atoms in total. The number of amides is 1. The first-order chi connectivity index (χ1) is 11.3. The van der Waals surface area contributed by atoms with Crippen molar-refractivity contribution in [1.82, 2.24) is 0 Å².